The first-order valence-electron chi connectivity index (χ1n) is 9.76. The Kier molecular flexibility index (Phi) is 3.71. The van der Waals surface area contributed by atoms with Crippen LogP contribution in [-0.2, 0) is 24.5 Å². The van der Waals surface area contributed by atoms with E-state index >= 15 is 0 Å². The van der Waals surface area contributed by atoms with E-state index in [-0.39, 0.29) is 29.9 Å². The Labute approximate surface area is 164 Å². The van der Waals surface area contributed by atoms with Crippen molar-refractivity contribution in [2.45, 2.75) is 37.5 Å². The molecule has 2 saturated heterocycles. The van der Waals surface area contributed by atoms with E-state index in [1.807, 2.05) is 31.2 Å². The quantitative estimate of drug-likeness (QED) is 0.582. The number of nitrogens with zero attached hydrogens (tertiary/aromatic N) is 2. The molecule has 28 heavy (non-hydrogen) atoms. The highest BCUT2D eigenvalue weighted by molar-refractivity contribution is 6.13. The maximum absolute atomic E-state index is 14.0. The number of carbonyl (C=O) groups is 2. The number of benzene rings is 1. The molecule has 0 N–H and O–H groups in total. The number of Topliss-reactive ketones (excluding diaryl/α,β-unsaturated/α-hetero) is 1. The van der Waals surface area contributed by atoms with Gasteiger partial charge in [-0.25, -0.2) is 0 Å². The number of rotatable bonds is 2. The highest BCUT2D eigenvalue weighted by Gasteiger charge is 2.75. The molecule has 1 spiro atoms. The Morgan fingerprint density at radius 1 is 1.32 bits per heavy atom. The molecule has 4 aliphatic rings. The zero-order valence-corrected chi connectivity index (χ0v) is 16.3. The third-order valence-corrected chi connectivity index (χ3v) is 7.44. The van der Waals surface area contributed by atoms with E-state index in [1.165, 1.54) is 7.11 Å². The monoisotopic (exact) mass is 380 g/mol. The molecule has 6 heteroatoms. The number of hydrogen-bond donors (Lipinski definition) is 0. The van der Waals surface area contributed by atoms with Crippen LogP contribution < -0.4 is 0 Å². The Bertz CT molecular complexity index is 938. The van der Waals surface area contributed by atoms with E-state index in [1.54, 1.807) is 13.3 Å². The van der Waals surface area contributed by atoms with Crippen molar-refractivity contribution in [2.24, 2.45) is 16.3 Å². The third kappa shape index (κ3) is 1.78. The Morgan fingerprint density at radius 2 is 2.11 bits per heavy atom. The van der Waals surface area contributed by atoms with Crippen LogP contribution in [0.1, 0.15) is 25.3 Å². The second-order valence-electron chi connectivity index (χ2n) is 8.14. The smallest absolute Gasteiger partial charge is 0.319 e. The van der Waals surface area contributed by atoms with Gasteiger partial charge in [-0.1, -0.05) is 29.8 Å². The number of methoxy groups -OCH3 is 2. The summed E-state index contributed by atoms with van der Waals surface area (Å²) < 4.78 is 11.2. The topological polar surface area (TPSA) is 68.2 Å². The predicted octanol–water partition coefficient (Wildman–Crippen LogP) is 2.40. The third-order valence-electron chi connectivity index (χ3n) is 7.44. The van der Waals surface area contributed by atoms with Gasteiger partial charge >= 0.3 is 5.97 Å². The zero-order chi connectivity index (χ0) is 19.7. The van der Waals surface area contributed by atoms with Gasteiger partial charge in [-0.15, -0.1) is 0 Å². The van der Waals surface area contributed by atoms with E-state index in [0.717, 1.165) is 16.8 Å². The lowest BCUT2D eigenvalue weighted by atomic mass is 9.42. The molecule has 0 unspecified atom stereocenters. The van der Waals surface area contributed by atoms with Crippen LogP contribution >= 0.6 is 0 Å². The molecule has 0 radical (unpaired) electrons. The summed E-state index contributed by atoms with van der Waals surface area (Å²) in [5, 5.41) is 0. The number of allylic oxidation sites excluding steroid dienone is 1. The van der Waals surface area contributed by atoms with Crippen LogP contribution in [0, 0.1) is 11.3 Å². The number of carbonyl (C=O) groups excluding carboxylic acids is 2. The lowest BCUT2D eigenvalue weighted by Crippen LogP contribution is -2.77. The normalized spacial score (nSPS) is 39.6. The molecule has 1 aromatic carbocycles. The van der Waals surface area contributed by atoms with Crippen LogP contribution in [0.3, 0.4) is 0 Å². The molecule has 3 bridgehead atoms. The van der Waals surface area contributed by atoms with Gasteiger partial charge in [0, 0.05) is 32.2 Å². The average Bonchev–Trinajstić information content (AvgIpc) is 2.73. The van der Waals surface area contributed by atoms with Crippen molar-refractivity contribution in [2.75, 3.05) is 20.8 Å². The van der Waals surface area contributed by atoms with Crippen molar-refractivity contribution in [3.63, 3.8) is 0 Å². The minimum absolute atomic E-state index is 0.0937. The molecule has 146 valence electrons. The van der Waals surface area contributed by atoms with Crippen molar-refractivity contribution < 1.29 is 19.1 Å². The van der Waals surface area contributed by atoms with Crippen LogP contribution in [0.15, 0.2) is 40.9 Å². The van der Waals surface area contributed by atoms with E-state index in [2.05, 4.69) is 16.0 Å². The van der Waals surface area contributed by atoms with E-state index < -0.39 is 10.8 Å². The number of ketones is 1. The second-order valence-corrected chi connectivity index (χ2v) is 8.14. The first-order chi connectivity index (χ1) is 13.5. The van der Waals surface area contributed by atoms with Crippen molar-refractivity contribution in [3.8, 4) is 0 Å². The van der Waals surface area contributed by atoms with Gasteiger partial charge in [0.15, 0.2) is 5.78 Å². The SMILES string of the molecule is C/C=C1\CN2[C@@H](OC)C[C@@]34C(=O)[C@H]2C[C@H]1[C@]3(C(=O)OC)C=Nc1ccccc14. The number of piperidine rings is 2. The minimum Gasteiger partial charge on any atom is -0.468 e. The summed E-state index contributed by atoms with van der Waals surface area (Å²) in [6.45, 7) is 2.62. The average molecular weight is 380 g/mol. The molecule has 5 atom stereocenters. The maximum Gasteiger partial charge on any atom is 0.319 e. The molecule has 0 amide bonds. The van der Waals surface area contributed by atoms with E-state index in [4.69, 9.17) is 9.47 Å². The number of ether oxygens (including phenoxy) is 2. The molecule has 0 aromatic heterocycles. The first kappa shape index (κ1) is 17.8. The second kappa shape index (κ2) is 5.84. The highest BCUT2D eigenvalue weighted by Crippen LogP contribution is 2.65. The standard InChI is InChI=1S/C22H24N2O4/c1-4-13-11-24-17-9-15(13)22(20(26)28-3)12-23-16-8-6-5-7-14(16)21(22,19(17)25)10-18(24)27-2/h4-8,12,15,17-18H,9-11H2,1-3H3/b13-4+/t15-,17-,18+,21-,22+/m1/s1. The largest absolute Gasteiger partial charge is 0.468 e. The summed E-state index contributed by atoms with van der Waals surface area (Å²) in [4.78, 5) is 34.3. The number of fused-ring (bicyclic) bond motifs is 3. The van der Waals surface area contributed by atoms with Gasteiger partial charge in [-0.2, -0.15) is 0 Å². The van der Waals surface area contributed by atoms with Crippen molar-refractivity contribution in [3.05, 3.63) is 41.5 Å². The lowest BCUT2D eigenvalue weighted by Gasteiger charge is -2.65. The summed E-state index contributed by atoms with van der Waals surface area (Å²) in [5.41, 5.74) is 0.542. The number of esters is 1. The number of hydrogen-bond acceptors (Lipinski definition) is 6. The fraction of sp³-hybridized carbons (Fsp3) is 0.500. The Morgan fingerprint density at radius 3 is 2.82 bits per heavy atom. The van der Waals surface area contributed by atoms with Gasteiger partial charge in [-0.05, 0) is 25.0 Å². The maximum atomic E-state index is 14.0. The van der Waals surface area contributed by atoms with Crippen LogP contribution in [0.25, 0.3) is 0 Å². The first-order valence-corrected chi connectivity index (χ1v) is 9.76. The van der Waals surface area contributed by atoms with Gasteiger partial charge in [0.1, 0.15) is 11.6 Å². The fourth-order valence-electron chi connectivity index (χ4n) is 6.25. The van der Waals surface area contributed by atoms with Crippen LogP contribution in [-0.4, -0.2) is 55.9 Å². The molecule has 3 heterocycles. The molecule has 1 aromatic rings. The molecule has 6 nitrogen and oxygen atoms in total. The fourth-order valence-corrected chi connectivity index (χ4v) is 6.25. The Hall–Kier alpha value is -2.31. The van der Waals surface area contributed by atoms with Crippen molar-refractivity contribution in [1.29, 1.82) is 0 Å². The van der Waals surface area contributed by atoms with E-state index in [9.17, 15) is 9.59 Å². The van der Waals surface area contributed by atoms with Crippen LogP contribution in [0.5, 0.6) is 0 Å². The molecule has 1 saturated carbocycles. The molecule has 1 aliphatic carbocycles. The predicted molar refractivity (Wildman–Crippen MR) is 104 cm³/mol. The molecule has 3 fully saturated rings. The highest BCUT2D eigenvalue weighted by atomic mass is 16.5. The lowest BCUT2D eigenvalue weighted by molar-refractivity contribution is -0.192. The summed E-state index contributed by atoms with van der Waals surface area (Å²) >= 11 is 0. The van der Waals surface area contributed by atoms with E-state index in [0.29, 0.717) is 19.4 Å². The molecular weight excluding hydrogens is 356 g/mol. The van der Waals surface area contributed by atoms with Crippen molar-refractivity contribution >= 4 is 23.7 Å². The van der Waals surface area contributed by atoms with Crippen LogP contribution in [0.4, 0.5) is 5.69 Å². The van der Waals surface area contributed by atoms with Crippen LogP contribution in [0.2, 0.25) is 0 Å². The summed E-state index contributed by atoms with van der Waals surface area (Å²) in [6, 6.07) is 7.42. The summed E-state index contributed by atoms with van der Waals surface area (Å²) in [5.74, 6) is -0.401. The molecule has 5 rings (SSSR count). The summed E-state index contributed by atoms with van der Waals surface area (Å²) in [6.07, 6.45) is 4.55. The van der Waals surface area contributed by atoms with Gasteiger partial charge in [0.25, 0.3) is 0 Å². The van der Waals surface area contributed by atoms with Gasteiger partial charge in [0.2, 0.25) is 0 Å². The number of aliphatic imine (C=N–C) groups is 1. The van der Waals surface area contributed by atoms with Gasteiger partial charge < -0.3 is 9.47 Å². The van der Waals surface area contributed by atoms with Gasteiger partial charge in [-0.3, -0.25) is 19.5 Å². The van der Waals surface area contributed by atoms with Gasteiger partial charge in [0.05, 0.1) is 24.3 Å². The zero-order valence-electron chi connectivity index (χ0n) is 16.3. The summed E-state index contributed by atoms with van der Waals surface area (Å²) in [7, 11) is 3.08. The minimum atomic E-state index is -1.14. The van der Waals surface area contributed by atoms with Crippen molar-refractivity contribution in [1.82, 2.24) is 4.90 Å². The molecular formula is C22H24N2O4. The Balaban J connectivity index is 1.89. The number of para-hydroxylation sites is 1. The molecule has 3 aliphatic heterocycles.